The zero-order chi connectivity index (χ0) is 19.1. The Balaban J connectivity index is 1.59. The molecule has 2 aliphatic rings. The van der Waals surface area contributed by atoms with Crippen molar-refractivity contribution in [2.45, 2.75) is 12.1 Å². The van der Waals surface area contributed by atoms with E-state index in [-0.39, 0.29) is 11.8 Å². The van der Waals surface area contributed by atoms with Crippen LogP contribution < -0.4 is 9.96 Å². The molecule has 0 aliphatic carbocycles. The van der Waals surface area contributed by atoms with Gasteiger partial charge in [-0.05, 0) is 42.0 Å². The standard InChI is InChI=1S/C22H17N3O3/c26-21-18-19(15-11-13-23-14-12-15)25(17-9-5-2-6-10-17)28-20(18)22(27)24(21)16-7-3-1-4-8-16/h1-14,18-20H/t18-,19+,20-/m0/s1. The zero-order valence-electron chi connectivity index (χ0n) is 14.9. The predicted octanol–water partition coefficient (Wildman–Crippen LogP) is 3.13. The first-order valence-corrected chi connectivity index (χ1v) is 9.09. The third kappa shape index (κ3) is 2.50. The number of carbonyl (C=O) groups excluding carboxylic acids is 2. The van der Waals surface area contributed by atoms with Gasteiger partial charge in [-0.1, -0.05) is 36.4 Å². The van der Waals surface area contributed by atoms with Crippen LogP contribution in [-0.4, -0.2) is 22.9 Å². The maximum Gasteiger partial charge on any atom is 0.266 e. The van der Waals surface area contributed by atoms with Crippen molar-refractivity contribution in [3.05, 3.63) is 90.8 Å². The van der Waals surface area contributed by atoms with Gasteiger partial charge in [-0.15, -0.1) is 0 Å². The molecule has 28 heavy (non-hydrogen) atoms. The average molecular weight is 371 g/mol. The lowest BCUT2D eigenvalue weighted by atomic mass is 9.91. The highest BCUT2D eigenvalue weighted by Gasteiger charge is 2.60. The van der Waals surface area contributed by atoms with Gasteiger partial charge in [0.05, 0.1) is 17.4 Å². The number of anilines is 2. The van der Waals surface area contributed by atoms with Crippen molar-refractivity contribution in [3.63, 3.8) is 0 Å². The number of hydrogen-bond acceptors (Lipinski definition) is 5. The Bertz CT molecular complexity index is 1010. The van der Waals surface area contributed by atoms with Crippen molar-refractivity contribution < 1.29 is 14.4 Å². The van der Waals surface area contributed by atoms with E-state index in [2.05, 4.69) is 4.98 Å². The number of hydrogen-bond donors (Lipinski definition) is 0. The van der Waals surface area contributed by atoms with E-state index in [1.165, 1.54) is 4.90 Å². The molecule has 0 spiro atoms. The molecule has 138 valence electrons. The topological polar surface area (TPSA) is 62.7 Å². The molecule has 0 unspecified atom stereocenters. The van der Waals surface area contributed by atoms with Crippen molar-refractivity contribution in [2.24, 2.45) is 5.92 Å². The Morgan fingerprint density at radius 3 is 2.00 bits per heavy atom. The van der Waals surface area contributed by atoms with E-state index >= 15 is 0 Å². The van der Waals surface area contributed by atoms with Gasteiger partial charge in [0.2, 0.25) is 5.91 Å². The summed E-state index contributed by atoms with van der Waals surface area (Å²) >= 11 is 0. The van der Waals surface area contributed by atoms with Crippen LogP contribution in [0.4, 0.5) is 11.4 Å². The van der Waals surface area contributed by atoms with Gasteiger partial charge in [0.25, 0.3) is 5.91 Å². The number of pyridine rings is 1. The summed E-state index contributed by atoms with van der Waals surface area (Å²) in [5, 5.41) is 1.68. The number of amides is 2. The molecule has 5 rings (SSSR count). The molecule has 2 amide bonds. The summed E-state index contributed by atoms with van der Waals surface area (Å²) in [6.45, 7) is 0. The van der Waals surface area contributed by atoms with Crippen molar-refractivity contribution in [1.29, 1.82) is 0 Å². The first-order valence-electron chi connectivity index (χ1n) is 9.09. The Labute approximate surface area is 161 Å². The summed E-state index contributed by atoms with van der Waals surface area (Å²) in [5.74, 6) is -1.21. The largest absolute Gasteiger partial charge is 0.273 e. The van der Waals surface area contributed by atoms with Crippen LogP contribution >= 0.6 is 0 Å². The van der Waals surface area contributed by atoms with Gasteiger partial charge in [0.15, 0.2) is 6.10 Å². The molecule has 0 bridgehead atoms. The number of carbonyl (C=O) groups is 2. The number of rotatable bonds is 3. The minimum absolute atomic E-state index is 0.249. The monoisotopic (exact) mass is 371 g/mol. The van der Waals surface area contributed by atoms with Crippen molar-refractivity contribution in [1.82, 2.24) is 4.98 Å². The lowest BCUT2D eigenvalue weighted by molar-refractivity contribution is -0.126. The fourth-order valence-corrected chi connectivity index (χ4v) is 3.94. The number of para-hydroxylation sites is 2. The molecule has 2 fully saturated rings. The van der Waals surface area contributed by atoms with Crippen molar-refractivity contribution in [2.75, 3.05) is 9.96 Å². The molecule has 2 aliphatic heterocycles. The SMILES string of the molecule is O=C1[C@@H]2[C@H](ON(c3ccccc3)[C@@H]2c2ccncc2)C(=O)N1c1ccccc1. The van der Waals surface area contributed by atoms with Crippen LogP contribution in [0.1, 0.15) is 11.6 Å². The molecule has 0 saturated carbocycles. The van der Waals surface area contributed by atoms with Gasteiger partial charge in [0.1, 0.15) is 5.92 Å². The maximum absolute atomic E-state index is 13.3. The molecule has 3 aromatic rings. The number of aromatic nitrogens is 1. The summed E-state index contributed by atoms with van der Waals surface area (Å²) in [4.78, 5) is 37.8. The van der Waals surface area contributed by atoms with E-state index in [1.807, 2.05) is 60.7 Å². The number of nitrogens with zero attached hydrogens (tertiary/aromatic N) is 3. The Morgan fingerprint density at radius 1 is 0.750 bits per heavy atom. The summed E-state index contributed by atoms with van der Waals surface area (Å²) in [5.41, 5.74) is 2.24. The first kappa shape index (κ1) is 16.6. The van der Waals surface area contributed by atoms with Gasteiger partial charge >= 0.3 is 0 Å². The van der Waals surface area contributed by atoms with Gasteiger partial charge in [-0.25, -0.2) is 9.96 Å². The van der Waals surface area contributed by atoms with Crippen LogP contribution in [-0.2, 0) is 14.4 Å². The van der Waals surface area contributed by atoms with Gasteiger partial charge in [-0.2, -0.15) is 0 Å². The molecule has 1 aromatic heterocycles. The fourth-order valence-electron chi connectivity index (χ4n) is 3.94. The second kappa shape index (κ2) is 6.58. The maximum atomic E-state index is 13.3. The third-order valence-corrected chi connectivity index (χ3v) is 5.19. The summed E-state index contributed by atoms with van der Waals surface area (Å²) < 4.78 is 0. The molecule has 2 aromatic carbocycles. The summed E-state index contributed by atoms with van der Waals surface area (Å²) in [6, 6.07) is 21.8. The Morgan fingerprint density at radius 2 is 1.36 bits per heavy atom. The number of hydroxylamine groups is 1. The molecule has 3 heterocycles. The highest BCUT2D eigenvalue weighted by molar-refractivity contribution is 6.23. The van der Waals surface area contributed by atoms with Crippen LogP contribution in [0, 0.1) is 5.92 Å². The van der Waals surface area contributed by atoms with Crippen molar-refractivity contribution >= 4 is 23.2 Å². The minimum Gasteiger partial charge on any atom is -0.273 e. The molecular weight excluding hydrogens is 354 g/mol. The average Bonchev–Trinajstić information content (AvgIpc) is 3.26. The zero-order valence-corrected chi connectivity index (χ0v) is 14.9. The highest BCUT2D eigenvalue weighted by atomic mass is 16.7. The lowest BCUT2D eigenvalue weighted by Crippen LogP contribution is -2.37. The second-order valence-electron chi connectivity index (χ2n) is 6.79. The molecule has 6 heteroatoms. The summed E-state index contributed by atoms with van der Waals surface area (Å²) in [6.07, 6.45) is 2.51. The molecular formula is C22H17N3O3. The van der Waals surface area contributed by atoms with E-state index < -0.39 is 18.1 Å². The molecule has 6 nitrogen and oxygen atoms in total. The van der Waals surface area contributed by atoms with Crippen molar-refractivity contribution in [3.8, 4) is 0 Å². The minimum atomic E-state index is -0.855. The molecule has 0 N–H and O–H groups in total. The van der Waals surface area contributed by atoms with Gasteiger partial charge in [0, 0.05) is 12.4 Å². The van der Waals surface area contributed by atoms with E-state index in [0.29, 0.717) is 5.69 Å². The van der Waals surface area contributed by atoms with Crippen LogP contribution in [0.15, 0.2) is 85.2 Å². The number of imide groups is 1. The number of benzene rings is 2. The first-order chi connectivity index (χ1) is 13.8. The van der Waals surface area contributed by atoms with E-state index in [4.69, 9.17) is 4.84 Å². The van der Waals surface area contributed by atoms with E-state index in [1.54, 1.807) is 29.6 Å². The van der Waals surface area contributed by atoms with Crippen LogP contribution in [0.2, 0.25) is 0 Å². The predicted molar refractivity (Wildman–Crippen MR) is 103 cm³/mol. The number of fused-ring (bicyclic) bond motifs is 1. The summed E-state index contributed by atoms with van der Waals surface area (Å²) in [7, 11) is 0. The Hall–Kier alpha value is -3.51. The van der Waals surface area contributed by atoms with Crippen LogP contribution in [0.3, 0.4) is 0 Å². The van der Waals surface area contributed by atoms with E-state index in [9.17, 15) is 9.59 Å². The quantitative estimate of drug-likeness (QED) is 0.662. The fraction of sp³-hybridized carbons (Fsp3) is 0.136. The van der Waals surface area contributed by atoms with Crippen LogP contribution in [0.25, 0.3) is 0 Å². The molecule has 3 atom stereocenters. The molecule has 2 saturated heterocycles. The highest BCUT2D eigenvalue weighted by Crippen LogP contribution is 2.47. The van der Waals surface area contributed by atoms with Crippen LogP contribution in [0.5, 0.6) is 0 Å². The molecule has 0 radical (unpaired) electrons. The normalized spacial score (nSPS) is 23.9. The second-order valence-corrected chi connectivity index (χ2v) is 6.79. The van der Waals surface area contributed by atoms with Gasteiger partial charge < -0.3 is 0 Å². The van der Waals surface area contributed by atoms with Gasteiger partial charge in [-0.3, -0.25) is 19.4 Å². The smallest absolute Gasteiger partial charge is 0.266 e. The lowest BCUT2D eigenvalue weighted by Gasteiger charge is -2.28. The van der Waals surface area contributed by atoms with E-state index in [0.717, 1.165) is 11.3 Å². The third-order valence-electron chi connectivity index (χ3n) is 5.19. The Kier molecular flexibility index (Phi) is 3.91.